The molecule has 1 unspecified atom stereocenters. The van der Waals surface area contributed by atoms with Gasteiger partial charge in [0.05, 0.1) is 19.5 Å². The van der Waals surface area contributed by atoms with Crippen LogP contribution in [0.4, 0.5) is 22.1 Å². The molecule has 5 aromatic rings. The Labute approximate surface area is 374 Å². The van der Waals surface area contributed by atoms with Gasteiger partial charge in [-0.25, -0.2) is 38.5 Å². The summed E-state index contributed by atoms with van der Waals surface area (Å²) >= 11 is 0. The van der Waals surface area contributed by atoms with Crippen molar-refractivity contribution >= 4 is 56.2 Å². The molecule has 2 saturated heterocycles. The summed E-state index contributed by atoms with van der Waals surface area (Å²) in [7, 11) is -10.7. The first-order valence-electron chi connectivity index (χ1n) is 19.4. The molecule has 6 heterocycles. The van der Waals surface area contributed by atoms with Crippen LogP contribution in [0.5, 0.6) is 0 Å². The predicted molar refractivity (Wildman–Crippen MR) is 221 cm³/mol. The van der Waals surface area contributed by atoms with Gasteiger partial charge in [0.2, 0.25) is 0 Å². The van der Waals surface area contributed by atoms with E-state index in [1.54, 1.807) is 24.3 Å². The number of aliphatic hydroxyl groups is 2. The van der Waals surface area contributed by atoms with Crippen LogP contribution >= 0.6 is 15.6 Å². The zero-order valence-electron chi connectivity index (χ0n) is 34.1. The third-order valence-corrected chi connectivity index (χ3v) is 11.4. The van der Waals surface area contributed by atoms with Crippen LogP contribution in [0.2, 0.25) is 0 Å². The number of pyridine rings is 1. The number of nitrogens with two attached hydrogens (primary N) is 2. The summed E-state index contributed by atoms with van der Waals surface area (Å²) in [6.45, 7) is -2.34. The lowest BCUT2D eigenvalue weighted by Crippen LogP contribution is -2.47. The first kappa shape index (κ1) is 48.4. The SMILES string of the molecule is [N-]=[N+]=Nc1ccc(COC(=O)N[C@H](Cc2cccnc2)C(=O)O[C@H]2[C@@H](O)[C@H](n3cnc4c(N)ncnc43)O[C@@H]2COP(=O)(O)O[C@H]2[C@@H](O)[C@H](n3ccc(N)nc3=O)O[C@@H]2COP(=O)(O)O)cc1. The van der Waals surface area contributed by atoms with Gasteiger partial charge in [-0.05, 0) is 28.8 Å². The summed E-state index contributed by atoms with van der Waals surface area (Å²) in [5.74, 6) is -1.41. The average molecular weight is 976 g/mol. The van der Waals surface area contributed by atoms with Crippen molar-refractivity contribution in [2.45, 2.75) is 68.1 Å². The molecule has 0 bridgehead atoms. The maximum Gasteiger partial charge on any atom is 0.472 e. The average Bonchev–Trinajstić information content (AvgIpc) is 3.94. The number of phosphoric ester groups is 2. The summed E-state index contributed by atoms with van der Waals surface area (Å²) in [6.07, 6.45) is -9.34. The van der Waals surface area contributed by atoms with E-state index < -0.39 is 102 Å². The minimum atomic E-state index is -5.47. The third-order valence-electron chi connectivity index (χ3n) is 9.93. The van der Waals surface area contributed by atoms with Gasteiger partial charge < -0.3 is 60.6 Å². The van der Waals surface area contributed by atoms with E-state index in [1.165, 1.54) is 35.4 Å². The zero-order valence-corrected chi connectivity index (χ0v) is 35.9. The number of fused-ring (bicyclic) bond motifs is 1. The monoisotopic (exact) mass is 975 g/mol. The van der Waals surface area contributed by atoms with Crippen LogP contribution in [0.25, 0.3) is 21.6 Å². The number of amides is 1. The highest BCUT2D eigenvalue weighted by Crippen LogP contribution is 2.50. The van der Waals surface area contributed by atoms with Crippen molar-refractivity contribution in [3.63, 3.8) is 0 Å². The van der Waals surface area contributed by atoms with E-state index in [2.05, 4.69) is 44.8 Å². The number of esters is 1. The highest BCUT2D eigenvalue weighted by Gasteiger charge is 2.52. The number of anilines is 2. The maximum atomic E-state index is 14.1. The van der Waals surface area contributed by atoms with Crippen molar-refractivity contribution in [2.75, 3.05) is 24.7 Å². The van der Waals surface area contributed by atoms with E-state index in [-0.39, 0.29) is 35.8 Å². The number of alkyl carbamates (subject to hydrolysis) is 1. The van der Waals surface area contributed by atoms with Crippen LogP contribution in [0.1, 0.15) is 23.6 Å². The van der Waals surface area contributed by atoms with Gasteiger partial charge in [-0.1, -0.05) is 35.4 Å². The Morgan fingerprint density at radius 3 is 2.33 bits per heavy atom. The van der Waals surface area contributed by atoms with Gasteiger partial charge in [-0.15, -0.1) is 0 Å². The molecular formula is C35H39N13O17P2. The van der Waals surface area contributed by atoms with Gasteiger partial charge in [0.1, 0.15) is 60.8 Å². The molecule has 0 spiro atoms. The minimum absolute atomic E-state index is 0.0406. The number of nitrogen functional groups attached to an aromatic ring is 2. The standard InChI is InChI=1S/C35H39N13O17P2/c36-23-7-9-47(34(52)44-23)31-26(50)28(22(63-31)13-60-66(54,55)56)65-67(57,58)61-14-21-27(25(49)32(62-21)48-16-42-24-29(37)40-15-41-30(24)48)64-33(51)20(10-18-2-1-8-39-11-18)43-35(53)59-12-17-3-5-19(6-4-17)45-46-38/h1-9,11,15-16,20-22,25-28,31-32,49-50H,10,12-14H2,(H,43,53)(H,57,58)(H2,36,44,52)(H2,37,40,41)(H2,54,55,56)/t20-,21-,22-,25-,26-,27-,28-,31-,32-/m1/s1. The van der Waals surface area contributed by atoms with E-state index in [0.29, 0.717) is 16.8 Å². The Morgan fingerprint density at radius 1 is 0.940 bits per heavy atom. The molecule has 0 radical (unpaired) electrons. The molecule has 10 atom stereocenters. The van der Waals surface area contributed by atoms with Crippen molar-refractivity contribution < 1.29 is 76.1 Å². The number of benzene rings is 1. The molecule has 2 aliphatic heterocycles. The second kappa shape index (κ2) is 20.6. The Bertz CT molecular complexity index is 2780. The van der Waals surface area contributed by atoms with Crippen molar-refractivity contribution in [3.05, 3.63) is 106 Å². The number of phosphoric acid groups is 2. The van der Waals surface area contributed by atoms with E-state index in [0.717, 1.165) is 23.2 Å². The molecular weight excluding hydrogens is 936 g/mol. The molecule has 67 heavy (non-hydrogen) atoms. The fourth-order valence-electron chi connectivity index (χ4n) is 6.85. The number of hydrogen-bond donors (Lipinski definition) is 8. The van der Waals surface area contributed by atoms with E-state index in [9.17, 15) is 48.4 Å². The maximum absolute atomic E-state index is 14.1. The Kier molecular flexibility index (Phi) is 14.9. The van der Waals surface area contributed by atoms with Gasteiger partial charge in [0.15, 0.2) is 30.0 Å². The largest absolute Gasteiger partial charge is 0.472 e. The van der Waals surface area contributed by atoms with Gasteiger partial charge in [0.25, 0.3) is 0 Å². The fourth-order valence-corrected chi connectivity index (χ4v) is 8.15. The lowest BCUT2D eigenvalue weighted by atomic mass is 10.1. The molecule has 356 valence electrons. The molecule has 7 rings (SSSR count). The number of nitrogens with one attached hydrogen (secondary N) is 1. The molecule has 10 N–H and O–H groups in total. The number of carbonyl (C=O) groups excluding carboxylic acids is 2. The van der Waals surface area contributed by atoms with E-state index >= 15 is 0 Å². The number of rotatable bonds is 18. The normalized spacial score (nSPS) is 24.1. The first-order chi connectivity index (χ1) is 31.9. The highest BCUT2D eigenvalue weighted by molar-refractivity contribution is 7.47. The fraction of sp³-hybridized carbons (Fsp3) is 0.371. The minimum Gasteiger partial charge on any atom is -0.455 e. The second-order valence-corrected chi connectivity index (χ2v) is 17.1. The molecule has 1 aromatic carbocycles. The summed E-state index contributed by atoms with van der Waals surface area (Å²) in [5, 5.41) is 28.9. The smallest absolute Gasteiger partial charge is 0.455 e. The van der Waals surface area contributed by atoms with E-state index in [1.807, 2.05) is 0 Å². The van der Waals surface area contributed by atoms with Crippen LogP contribution in [0.15, 0.2) is 83.6 Å². The van der Waals surface area contributed by atoms with Gasteiger partial charge in [-0.2, -0.15) is 4.98 Å². The molecule has 32 heteroatoms. The summed E-state index contributed by atoms with van der Waals surface area (Å²) in [5.41, 5.74) is 20.5. The quantitative estimate of drug-likeness (QED) is 0.0191. The molecule has 2 aliphatic rings. The zero-order chi connectivity index (χ0) is 48.0. The van der Waals surface area contributed by atoms with Crippen LogP contribution in [0, 0.1) is 0 Å². The second-order valence-electron chi connectivity index (χ2n) is 14.5. The Balaban J connectivity index is 1.12. The number of ether oxygens (including phenoxy) is 4. The van der Waals surface area contributed by atoms with E-state index in [4.69, 9.17) is 45.0 Å². The number of aromatic nitrogens is 7. The molecule has 0 aliphatic carbocycles. The van der Waals surface area contributed by atoms with Crippen molar-refractivity contribution in [2.24, 2.45) is 5.11 Å². The number of nitrogens with zero attached hydrogens (tertiary/aromatic N) is 10. The van der Waals surface area contributed by atoms with Gasteiger partial charge >= 0.3 is 33.4 Å². The third kappa shape index (κ3) is 11.9. The lowest BCUT2D eigenvalue weighted by Gasteiger charge is -2.26. The van der Waals surface area contributed by atoms with Crippen molar-refractivity contribution in [1.82, 2.24) is 39.4 Å². The summed E-state index contributed by atoms with van der Waals surface area (Å²) in [6, 6.07) is 8.87. The number of aliphatic hydroxyl groups excluding tert-OH is 2. The molecule has 4 aromatic heterocycles. The Morgan fingerprint density at radius 2 is 1.64 bits per heavy atom. The number of hydrogen-bond acceptors (Lipinski definition) is 22. The summed E-state index contributed by atoms with van der Waals surface area (Å²) in [4.78, 5) is 91.9. The molecule has 30 nitrogen and oxygen atoms in total. The number of carbonyl (C=O) groups is 2. The first-order valence-corrected chi connectivity index (χ1v) is 22.4. The number of azide groups is 1. The topological polar surface area (TPSA) is 438 Å². The summed E-state index contributed by atoms with van der Waals surface area (Å²) < 4.78 is 64.9. The van der Waals surface area contributed by atoms with Crippen molar-refractivity contribution in [3.8, 4) is 0 Å². The Hall–Kier alpha value is -6.49. The lowest BCUT2D eigenvalue weighted by molar-refractivity contribution is -0.159. The van der Waals surface area contributed by atoms with Crippen LogP contribution in [-0.2, 0) is 59.5 Å². The van der Waals surface area contributed by atoms with Crippen molar-refractivity contribution in [1.29, 1.82) is 0 Å². The molecule has 2 fully saturated rings. The number of imidazole rings is 1. The van der Waals surface area contributed by atoms with Gasteiger partial charge in [0, 0.05) is 35.6 Å². The highest BCUT2D eigenvalue weighted by atomic mass is 31.2. The van der Waals surface area contributed by atoms with Crippen LogP contribution in [-0.4, -0.2) is 127 Å². The predicted octanol–water partition coefficient (Wildman–Crippen LogP) is 0.162. The van der Waals surface area contributed by atoms with Crippen LogP contribution in [0.3, 0.4) is 0 Å². The molecule has 0 saturated carbocycles. The van der Waals surface area contributed by atoms with Crippen LogP contribution < -0.4 is 22.5 Å². The van der Waals surface area contributed by atoms with Gasteiger partial charge in [-0.3, -0.25) is 27.7 Å². The molecule has 1 amide bonds.